The molecule has 0 aromatic heterocycles. The Morgan fingerprint density at radius 2 is 1.83 bits per heavy atom. The number of para-hydroxylation sites is 1. The molecule has 0 bridgehead atoms. The van der Waals surface area contributed by atoms with Crippen LogP contribution in [0.1, 0.15) is 13.3 Å². The maximum absolute atomic E-state index is 12.2. The number of hydrogen-bond donors (Lipinski definition) is 1. The van der Waals surface area contributed by atoms with Crippen molar-refractivity contribution in [3.8, 4) is 11.5 Å². The molecule has 2 aromatic rings. The lowest BCUT2D eigenvalue weighted by Gasteiger charge is -2.18. The summed E-state index contributed by atoms with van der Waals surface area (Å²) in [5.74, 6) is 1.00. The summed E-state index contributed by atoms with van der Waals surface area (Å²) in [5.41, 5.74) is 0. The fourth-order valence-electron chi connectivity index (χ4n) is 2.00. The predicted octanol–water partition coefficient (Wildman–Crippen LogP) is 4.35. The van der Waals surface area contributed by atoms with Crippen molar-refractivity contribution in [3.05, 3.63) is 58.6 Å². The Labute approximate surface area is 151 Å². The number of ether oxygens (including phenoxy) is 2. The van der Waals surface area contributed by atoms with Gasteiger partial charge in [0.25, 0.3) is 5.91 Å². The number of benzene rings is 2. The van der Waals surface area contributed by atoms with E-state index in [-0.39, 0.29) is 5.91 Å². The largest absolute Gasteiger partial charge is 0.492 e. The minimum atomic E-state index is -0.597. The average Bonchev–Trinajstić information content (AvgIpc) is 2.59. The number of rotatable bonds is 8. The van der Waals surface area contributed by atoms with Gasteiger partial charge in [0.1, 0.15) is 18.1 Å². The van der Waals surface area contributed by atoms with E-state index >= 15 is 0 Å². The van der Waals surface area contributed by atoms with Gasteiger partial charge in [0.15, 0.2) is 6.10 Å². The third-order valence-corrected chi connectivity index (χ3v) is 3.82. The zero-order valence-corrected chi connectivity index (χ0v) is 14.8. The number of carbonyl (C=O) groups is 1. The van der Waals surface area contributed by atoms with Crippen LogP contribution in [0, 0.1) is 0 Å². The molecule has 128 valence electrons. The van der Waals surface area contributed by atoms with Crippen LogP contribution in [0.3, 0.4) is 0 Å². The van der Waals surface area contributed by atoms with Crippen LogP contribution >= 0.6 is 23.2 Å². The molecule has 0 heterocycles. The molecule has 1 atom stereocenters. The molecule has 0 saturated carbocycles. The van der Waals surface area contributed by atoms with Crippen molar-refractivity contribution in [2.45, 2.75) is 19.4 Å². The van der Waals surface area contributed by atoms with E-state index in [1.54, 1.807) is 36.4 Å². The van der Waals surface area contributed by atoms with E-state index in [2.05, 4.69) is 5.32 Å². The number of hydrogen-bond acceptors (Lipinski definition) is 3. The Morgan fingerprint density at radius 3 is 2.50 bits per heavy atom. The lowest BCUT2D eigenvalue weighted by molar-refractivity contribution is -0.128. The number of amides is 1. The second-order valence-corrected chi connectivity index (χ2v) is 5.88. The smallest absolute Gasteiger partial charge is 0.261 e. The first-order valence-corrected chi connectivity index (χ1v) is 8.43. The van der Waals surface area contributed by atoms with Crippen molar-refractivity contribution in [2.24, 2.45) is 0 Å². The van der Waals surface area contributed by atoms with Crippen LogP contribution in [-0.2, 0) is 4.79 Å². The van der Waals surface area contributed by atoms with Gasteiger partial charge in [0.2, 0.25) is 0 Å². The van der Waals surface area contributed by atoms with E-state index in [4.69, 9.17) is 32.7 Å². The predicted molar refractivity (Wildman–Crippen MR) is 96.1 cm³/mol. The lowest BCUT2D eigenvalue weighted by Crippen LogP contribution is -2.39. The van der Waals surface area contributed by atoms with Gasteiger partial charge in [-0.15, -0.1) is 0 Å². The van der Waals surface area contributed by atoms with Gasteiger partial charge in [-0.2, -0.15) is 0 Å². The summed E-state index contributed by atoms with van der Waals surface area (Å²) in [5, 5.41) is 3.93. The molecule has 0 radical (unpaired) electrons. The van der Waals surface area contributed by atoms with Crippen molar-refractivity contribution < 1.29 is 14.3 Å². The highest BCUT2D eigenvalue weighted by Crippen LogP contribution is 2.24. The molecule has 2 rings (SSSR count). The SMILES string of the molecule is CCC(Oc1ccccc1Cl)C(=O)NCCOc1ccc(Cl)cc1. The first-order chi connectivity index (χ1) is 11.6. The van der Waals surface area contributed by atoms with Crippen LogP contribution in [0.5, 0.6) is 11.5 Å². The molecule has 1 unspecified atom stereocenters. The highest BCUT2D eigenvalue weighted by Gasteiger charge is 2.18. The van der Waals surface area contributed by atoms with E-state index in [0.717, 1.165) is 0 Å². The molecule has 2 aromatic carbocycles. The second kappa shape index (κ2) is 9.40. The molecular weight excluding hydrogens is 349 g/mol. The molecule has 0 aliphatic rings. The molecule has 1 N–H and O–H groups in total. The fraction of sp³-hybridized carbons (Fsp3) is 0.278. The molecule has 24 heavy (non-hydrogen) atoms. The summed E-state index contributed by atoms with van der Waals surface area (Å²) < 4.78 is 11.2. The van der Waals surface area contributed by atoms with Gasteiger partial charge < -0.3 is 14.8 Å². The van der Waals surface area contributed by atoms with E-state index in [9.17, 15) is 4.79 Å². The summed E-state index contributed by atoms with van der Waals surface area (Å²) >= 11 is 11.9. The van der Waals surface area contributed by atoms with E-state index in [1.807, 2.05) is 19.1 Å². The van der Waals surface area contributed by atoms with Gasteiger partial charge in [0, 0.05) is 5.02 Å². The number of nitrogens with one attached hydrogen (secondary N) is 1. The molecule has 0 aliphatic heterocycles. The van der Waals surface area contributed by atoms with Crippen molar-refractivity contribution >= 4 is 29.1 Å². The summed E-state index contributed by atoms with van der Waals surface area (Å²) in [6.45, 7) is 2.62. The monoisotopic (exact) mass is 367 g/mol. The Bertz CT molecular complexity index is 662. The topological polar surface area (TPSA) is 47.6 Å². The van der Waals surface area contributed by atoms with Gasteiger partial charge in [-0.1, -0.05) is 42.3 Å². The Hall–Kier alpha value is -1.91. The molecule has 6 heteroatoms. The minimum Gasteiger partial charge on any atom is -0.492 e. The molecule has 4 nitrogen and oxygen atoms in total. The summed E-state index contributed by atoms with van der Waals surface area (Å²) in [7, 11) is 0. The summed E-state index contributed by atoms with van der Waals surface area (Å²) in [6, 6.07) is 14.1. The lowest BCUT2D eigenvalue weighted by atomic mass is 10.2. The Balaban J connectivity index is 1.77. The van der Waals surface area contributed by atoms with Crippen molar-refractivity contribution in [3.63, 3.8) is 0 Å². The Morgan fingerprint density at radius 1 is 1.12 bits per heavy atom. The molecule has 0 aliphatic carbocycles. The summed E-state index contributed by atoms with van der Waals surface area (Å²) in [6.07, 6.45) is -0.0600. The van der Waals surface area contributed by atoms with Crippen LogP contribution < -0.4 is 14.8 Å². The van der Waals surface area contributed by atoms with Crippen LogP contribution in [0.2, 0.25) is 10.0 Å². The van der Waals surface area contributed by atoms with Crippen LogP contribution in [-0.4, -0.2) is 25.2 Å². The zero-order valence-electron chi connectivity index (χ0n) is 13.3. The van der Waals surface area contributed by atoms with E-state index in [1.165, 1.54) is 0 Å². The quantitative estimate of drug-likeness (QED) is 0.705. The van der Waals surface area contributed by atoms with Gasteiger partial charge in [-0.25, -0.2) is 0 Å². The van der Waals surface area contributed by atoms with Gasteiger partial charge in [-0.3, -0.25) is 4.79 Å². The molecule has 0 fully saturated rings. The highest BCUT2D eigenvalue weighted by molar-refractivity contribution is 6.32. The maximum Gasteiger partial charge on any atom is 0.261 e. The molecule has 0 saturated heterocycles. The first-order valence-electron chi connectivity index (χ1n) is 7.67. The van der Waals surface area contributed by atoms with E-state index < -0.39 is 6.10 Å². The van der Waals surface area contributed by atoms with Crippen LogP contribution in [0.15, 0.2) is 48.5 Å². The van der Waals surface area contributed by atoms with Crippen molar-refractivity contribution in [1.29, 1.82) is 0 Å². The standard InChI is InChI=1S/C18H19Cl2NO3/c1-2-16(24-17-6-4-3-5-15(17)20)18(22)21-11-12-23-14-9-7-13(19)8-10-14/h3-10,16H,2,11-12H2,1H3,(H,21,22). The molecule has 1 amide bonds. The second-order valence-electron chi connectivity index (χ2n) is 5.04. The summed E-state index contributed by atoms with van der Waals surface area (Å²) in [4.78, 5) is 12.2. The highest BCUT2D eigenvalue weighted by atomic mass is 35.5. The van der Waals surface area contributed by atoms with Crippen LogP contribution in [0.25, 0.3) is 0 Å². The van der Waals surface area contributed by atoms with Crippen LogP contribution in [0.4, 0.5) is 0 Å². The van der Waals surface area contributed by atoms with Gasteiger partial charge in [-0.05, 0) is 42.8 Å². The maximum atomic E-state index is 12.2. The first kappa shape index (κ1) is 18.4. The fourth-order valence-corrected chi connectivity index (χ4v) is 2.31. The van der Waals surface area contributed by atoms with Crippen molar-refractivity contribution in [2.75, 3.05) is 13.2 Å². The minimum absolute atomic E-state index is 0.197. The normalized spacial score (nSPS) is 11.6. The Kier molecular flexibility index (Phi) is 7.22. The third kappa shape index (κ3) is 5.62. The molecular formula is C18H19Cl2NO3. The van der Waals surface area contributed by atoms with Crippen molar-refractivity contribution in [1.82, 2.24) is 5.32 Å². The number of carbonyl (C=O) groups excluding carboxylic acids is 1. The molecule has 0 spiro atoms. The van der Waals surface area contributed by atoms with E-state index in [0.29, 0.717) is 41.1 Å². The zero-order chi connectivity index (χ0) is 17.4. The van der Waals surface area contributed by atoms with Gasteiger partial charge >= 0.3 is 0 Å². The average molecular weight is 368 g/mol. The third-order valence-electron chi connectivity index (χ3n) is 3.25. The van der Waals surface area contributed by atoms with Gasteiger partial charge in [0.05, 0.1) is 11.6 Å². The number of halogens is 2.